The van der Waals surface area contributed by atoms with Gasteiger partial charge in [-0.1, -0.05) is 17.7 Å². The number of thiocarbonyl (C=S) groups is 1. The van der Waals surface area contributed by atoms with Gasteiger partial charge in [-0.2, -0.15) is 0 Å². The van der Waals surface area contributed by atoms with E-state index in [0.717, 1.165) is 29.1 Å². The first-order valence-electron chi connectivity index (χ1n) is 7.69. The smallest absolute Gasteiger partial charge is 0.170 e. The van der Waals surface area contributed by atoms with Gasteiger partial charge in [0.1, 0.15) is 0 Å². The molecular weight excluding hydrogens is 314 g/mol. The van der Waals surface area contributed by atoms with Gasteiger partial charge in [-0.25, -0.2) is 0 Å². The number of benzene rings is 1. The Morgan fingerprint density at radius 3 is 2.36 bits per heavy atom. The van der Waals surface area contributed by atoms with E-state index in [1.165, 1.54) is 0 Å². The summed E-state index contributed by atoms with van der Waals surface area (Å²) >= 11 is 11.6. The summed E-state index contributed by atoms with van der Waals surface area (Å²) in [5.41, 5.74) is 2.18. The Balaban J connectivity index is 1.98. The van der Waals surface area contributed by atoms with Gasteiger partial charge < -0.3 is 16.0 Å². The van der Waals surface area contributed by atoms with E-state index >= 15 is 0 Å². The van der Waals surface area contributed by atoms with Crippen LogP contribution in [0.3, 0.4) is 0 Å². The lowest BCUT2D eigenvalue weighted by Crippen LogP contribution is -2.62. The summed E-state index contributed by atoms with van der Waals surface area (Å²) < 4.78 is 0. The second kappa shape index (κ2) is 6.34. The highest BCUT2D eigenvalue weighted by Gasteiger charge is 2.37. The summed E-state index contributed by atoms with van der Waals surface area (Å²) in [5, 5.41) is 11.8. The van der Waals surface area contributed by atoms with Crippen molar-refractivity contribution in [3.05, 3.63) is 28.8 Å². The van der Waals surface area contributed by atoms with Gasteiger partial charge in [-0.05, 0) is 77.4 Å². The van der Waals surface area contributed by atoms with Crippen LogP contribution in [0.2, 0.25) is 5.02 Å². The Morgan fingerprint density at radius 2 is 1.82 bits per heavy atom. The van der Waals surface area contributed by atoms with Crippen molar-refractivity contribution in [2.45, 2.75) is 64.6 Å². The van der Waals surface area contributed by atoms with Crippen LogP contribution in [0, 0.1) is 6.92 Å². The van der Waals surface area contributed by atoms with Gasteiger partial charge in [0, 0.05) is 27.8 Å². The monoisotopic (exact) mass is 339 g/mol. The highest BCUT2D eigenvalue weighted by atomic mass is 35.5. The molecule has 0 aromatic heterocycles. The third kappa shape index (κ3) is 4.83. The van der Waals surface area contributed by atoms with Crippen LogP contribution in [0.25, 0.3) is 0 Å². The molecule has 0 atom stereocenters. The maximum Gasteiger partial charge on any atom is 0.170 e. The van der Waals surface area contributed by atoms with Crippen molar-refractivity contribution in [2.75, 3.05) is 5.32 Å². The van der Waals surface area contributed by atoms with Gasteiger partial charge >= 0.3 is 0 Å². The number of hydrogen-bond donors (Lipinski definition) is 3. The minimum atomic E-state index is 0.0994. The second-order valence-corrected chi connectivity index (χ2v) is 8.38. The average molecular weight is 340 g/mol. The van der Waals surface area contributed by atoms with Gasteiger partial charge in [0.05, 0.1) is 0 Å². The molecule has 1 fully saturated rings. The molecular formula is C17H26ClN3S. The van der Waals surface area contributed by atoms with Crippen LogP contribution in [-0.4, -0.2) is 22.2 Å². The third-order valence-electron chi connectivity index (χ3n) is 3.96. The van der Waals surface area contributed by atoms with Crippen LogP contribution in [0.4, 0.5) is 5.69 Å². The van der Waals surface area contributed by atoms with Crippen molar-refractivity contribution in [1.29, 1.82) is 0 Å². The van der Waals surface area contributed by atoms with Crippen molar-refractivity contribution in [2.24, 2.45) is 0 Å². The van der Waals surface area contributed by atoms with Crippen LogP contribution < -0.4 is 16.0 Å². The van der Waals surface area contributed by atoms with Crippen molar-refractivity contribution in [3.63, 3.8) is 0 Å². The average Bonchev–Trinajstić information content (AvgIpc) is 2.29. The number of halogens is 1. The Morgan fingerprint density at radius 1 is 1.23 bits per heavy atom. The van der Waals surface area contributed by atoms with Gasteiger partial charge in [-0.3, -0.25) is 0 Å². The lowest BCUT2D eigenvalue weighted by molar-refractivity contribution is 0.156. The van der Waals surface area contributed by atoms with E-state index < -0.39 is 0 Å². The minimum absolute atomic E-state index is 0.0994. The molecule has 1 aliphatic rings. The molecule has 1 aromatic rings. The van der Waals surface area contributed by atoms with Crippen molar-refractivity contribution < 1.29 is 0 Å². The Labute approximate surface area is 144 Å². The predicted molar refractivity (Wildman–Crippen MR) is 99.9 cm³/mol. The highest BCUT2D eigenvalue weighted by molar-refractivity contribution is 7.80. The fourth-order valence-electron chi connectivity index (χ4n) is 3.45. The zero-order chi connectivity index (χ0) is 16.5. The number of aryl methyl sites for hydroxylation is 1. The van der Waals surface area contributed by atoms with Crippen LogP contribution in [0.1, 0.15) is 46.1 Å². The molecule has 22 heavy (non-hydrogen) atoms. The van der Waals surface area contributed by atoms with Gasteiger partial charge in [-0.15, -0.1) is 0 Å². The van der Waals surface area contributed by atoms with E-state index in [0.29, 0.717) is 11.2 Å². The minimum Gasteiger partial charge on any atom is -0.360 e. The van der Waals surface area contributed by atoms with E-state index in [1.807, 2.05) is 25.1 Å². The number of hydrogen-bond acceptors (Lipinski definition) is 2. The molecule has 3 nitrogen and oxygen atoms in total. The Bertz CT molecular complexity index is 553. The van der Waals surface area contributed by atoms with Crippen molar-refractivity contribution in [1.82, 2.24) is 10.6 Å². The number of piperidine rings is 1. The van der Waals surface area contributed by atoms with E-state index in [9.17, 15) is 0 Å². The topological polar surface area (TPSA) is 36.1 Å². The Hall–Kier alpha value is -0.840. The zero-order valence-corrected chi connectivity index (χ0v) is 15.6. The molecule has 1 heterocycles. The zero-order valence-electron chi connectivity index (χ0n) is 14.0. The summed E-state index contributed by atoms with van der Waals surface area (Å²) in [4.78, 5) is 0. The molecule has 0 aliphatic carbocycles. The molecule has 0 amide bonds. The molecule has 1 aromatic carbocycles. The molecule has 0 saturated carbocycles. The van der Waals surface area contributed by atoms with Crippen LogP contribution in [0.15, 0.2) is 18.2 Å². The molecule has 0 bridgehead atoms. The maximum atomic E-state index is 6.15. The lowest BCUT2D eigenvalue weighted by Gasteiger charge is -2.46. The van der Waals surface area contributed by atoms with Crippen molar-refractivity contribution >= 4 is 34.6 Å². The fourth-order valence-corrected chi connectivity index (χ4v) is 3.91. The van der Waals surface area contributed by atoms with Gasteiger partial charge in [0.2, 0.25) is 0 Å². The summed E-state index contributed by atoms with van der Waals surface area (Å²) in [6.07, 6.45) is 2.07. The summed E-state index contributed by atoms with van der Waals surface area (Å²) in [5.74, 6) is 0. The summed E-state index contributed by atoms with van der Waals surface area (Å²) in [7, 11) is 0. The van der Waals surface area contributed by atoms with E-state index in [-0.39, 0.29) is 11.1 Å². The van der Waals surface area contributed by atoms with Crippen LogP contribution in [-0.2, 0) is 0 Å². The quantitative estimate of drug-likeness (QED) is 0.704. The van der Waals surface area contributed by atoms with E-state index in [2.05, 4.69) is 43.6 Å². The molecule has 2 rings (SSSR count). The predicted octanol–water partition coefficient (Wildman–Crippen LogP) is 4.24. The van der Waals surface area contributed by atoms with Crippen molar-refractivity contribution in [3.8, 4) is 0 Å². The maximum absolute atomic E-state index is 6.15. The number of nitrogens with one attached hydrogen (secondary N) is 3. The summed E-state index contributed by atoms with van der Waals surface area (Å²) in [6, 6.07) is 6.24. The highest BCUT2D eigenvalue weighted by Crippen LogP contribution is 2.28. The molecule has 122 valence electrons. The Kier molecular flexibility index (Phi) is 5.05. The molecule has 3 N–H and O–H groups in total. The van der Waals surface area contributed by atoms with Gasteiger partial charge in [0.15, 0.2) is 5.11 Å². The lowest BCUT2D eigenvalue weighted by atomic mass is 9.80. The molecule has 5 heteroatoms. The number of rotatable bonds is 2. The standard InChI is InChI=1S/C17H26ClN3S/c1-11-6-7-12(8-14(11)18)19-15(22)20-13-9-16(2,3)21-17(4,5)10-13/h6-8,13,21H,9-10H2,1-5H3,(H2,19,20,22). The fraction of sp³-hybridized carbons (Fsp3) is 0.588. The first-order valence-corrected chi connectivity index (χ1v) is 8.48. The van der Waals surface area contributed by atoms with Crippen LogP contribution in [0.5, 0.6) is 0 Å². The normalized spacial score (nSPS) is 20.5. The molecule has 0 radical (unpaired) electrons. The summed E-state index contributed by atoms with van der Waals surface area (Å²) in [6.45, 7) is 10.9. The third-order valence-corrected chi connectivity index (χ3v) is 4.58. The number of anilines is 1. The van der Waals surface area contributed by atoms with Gasteiger partial charge in [0.25, 0.3) is 0 Å². The molecule has 1 saturated heterocycles. The molecule has 1 aliphatic heterocycles. The largest absolute Gasteiger partial charge is 0.360 e. The SMILES string of the molecule is Cc1ccc(NC(=S)NC2CC(C)(C)NC(C)(C)C2)cc1Cl. The van der Waals surface area contributed by atoms with E-state index in [4.69, 9.17) is 23.8 Å². The van der Waals surface area contributed by atoms with E-state index in [1.54, 1.807) is 0 Å². The second-order valence-electron chi connectivity index (χ2n) is 7.56. The first kappa shape index (κ1) is 17.5. The van der Waals surface area contributed by atoms with Crippen LogP contribution >= 0.6 is 23.8 Å². The molecule has 0 spiro atoms. The molecule has 0 unspecified atom stereocenters. The first-order chi connectivity index (χ1) is 10.1.